The van der Waals surface area contributed by atoms with Gasteiger partial charge in [0.2, 0.25) is 0 Å². The number of fused-ring (bicyclic) bond motifs is 4. The first-order valence-electron chi connectivity index (χ1n) is 9.92. The summed E-state index contributed by atoms with van der Waals surface area (Å²) in [6, 6.07) is 0. The van der Waals surface area contributed by atoms with Crippen molar-refractivity contribution in [1.82, 2.24) is 0 Å². The van der Waals surface area contributed by atoms with Crippen molar-refractivity contribution < 1.29 is 23.8 Å². The highest BCUT2D eigenvalue weighted by Gasteiger charge is 2.87. The van der Waals surface area contributed by atoms with E-state index in [-0.39, 0.29) is 36.4 Å². The van der Waals surface area contributed by atoms with Crippen LogP contribution in [0, 0.1) is 23.2 Å². The highest BCUT2D eigenvalue weighted by Crippen LogP contribution is 2.76. The van der Waals surface area contributed by atoms with Gasteiger partial charge in [-0.1, -0.05) is 18.6 Å². The van der Waals surface area contributed by atoms with Gasteiger partial charge in [-0.15, -0.1) is 0 Å². The average molecular weight is 375 g/mol. The van der Waals surface area contributed by atoms with E-state index in [1.807, 2.05) is 6.92 Å². The molecule has 0 amide bonds. The number of carbonyl (C=O) groups is 2. The molecule has 1 unspecified atom stereocenters. The molecule has 3 N–H and O–H groups in total. The maximum Gasteiger partial charge on any atom is 0.181 e. The van der Waals surface area contributed by atoms with Gasteiger partial charge in [-0.25, -0.2) is 4.39 Å². The second-order valence-electron chi connectivity index (χ2n) is 9.34. The fraction of sp³-hybridized carbons (Fsp3) is 0.714. The molecule has 4 aliphatic carbocycles. The minimum Gasteiger partial charge on any atom is -0.390 e. The first kappa shape index (κ1) is 17.7. The van der Waals surface area contributed by atoms with Crippen molar-refractivity contribution >= 4 is 11.6 Å². The Morgan fingerprint density at radius 1 is 1.44 bits per heavy atom. The van der Waals surface area contributed by atoms with E-state index in [0.717, 1.165) is 5.57 Å². The number of hydrogen-bond donors (Lipinski definition) is 2. The third-order valence-corrected chi connectivity index (χ3v) is 8.52. The lowest BCUT2D eigenvalue weighted by Gasteiger charge is -2.59. The average Bonchev–Trinajstić information content (AvgIpc) is 3.24. The number of carbonyl (C=O) groups excluding carboxylic acids is 2. The molecule has 0 bridgehead atoms. The molecule has 0 radical (unpaired) electrons. The van der Waals surface area contributed by atoms with Gasteiger partial charge in [-0.2, -0.15) is 0 Å². The Morgan fingerprint density at radius 2 is 2.19 bits per heavy atom. The largest absolute Gasteiger partial charge is 0.390 e. The minimum absolute atomic E-state index is 0.0404. The molecule has 4 fully saturated rings. The van der Waals surface area contributed by atoms with Crippen molar-refractivity contribution in [2.45, 2.75) is 62.5 Å². The number of ether oxygens (including phenoxy) is 1. The van der Waals surface area contributed by atoms with Crippen LogP contribution < -0.4 is 5.73 Å². The van der Waals surface area contributed by atoms with Crippen LogP contribution >= 0.6 is 0 Å². The molecule has 6 heteroatoms. The van der Waals surface area contributed by atoms with E-state index in [4.69, 9.17) is 10.5 Å². The van der Waals surface area contributed by atoms with Crippen LogP contribution in [0.4, 0.5) is 4.39 Å². The summed E-state index contributed by atoms with van der Waals surface area (Å²) in [5.74, 6) is -0.846. The zero-order chi connectivity index (χ0) is 19.4. The molecule has 5 nitrogen and oxygen atoms in total. The number of nitrogens with two attached hydrogens (primary N) is 1. The number of aliphatic hydroxyl groups is 1. The Hall–Kier alpha value is -1.37. The van der Waals surface area contributed by atoms with Gasteiger partial charge in [-0.3, -0.25) is 9.59 Å². The van der Waals surface area contributed by atoms with Crippen LogP contribution in [0.15, 0.2) is 23.8 Å². The maximum atomic E-state index is 16.8. The molecule has 8 atom stereocenters. The van der Waals surface area contributed by atoms with Gasteiger partial charge < -0.3 is 15.6 Å². The Morgan fingerprint density at radius 3 is 2.89 bits per heavy atom. The summed E-state index contributed by atoms with van der Waals surface area (Å²) < 4.78 is 22.9. The Bertz CT molecular complexity index is 823. The summed E-state index contributed by atoms with van der Waals surface area (Å²) in [5.41, 5.74) is 1.78. The van der Waals surface area contributed by atoms with E-state index >= 15 is 4.39 Å². The molecule has 1 aliphatic heterocycles. The lowest BCUT2D eigenvalue weighted by atomic mass is 9.48. The van der Waals surface area contributed by atoms with Crippen LogP contribution in [0.2, 0.25) is 0 Å². The van der Waals surface area contributed by atoms with Crippen molar-refractivity contribution in [3.8, 4) is 0 Å². The maximum absolute atomic E-state index is 16.8. The molecule has 0 aromatic carbocycles. The van der Waals surface area contributed by atoms with Crippen molar-refractivity contribution in [3.05, 3.63) is 23.8 Å². The Kier molecular flexibility index (Phi) is 3.26. The van der Waals surface area contributed by atoms with Gasteiger partial charge in [0.1, 0.15) is 5.60 Å². The van der Waals surface area contributed by atoms with Crippen molar-refractivity contribution in [1.29, 1.82) is 0 Å². The second kappa shape index (κ2) is 4.97. The van der Waals surface area contributed by atoms with E-state index in [1.165, 1.54) is 12.2 Å². The summed E-state index contributed by atoms with van der Waals surface area (Å²) >= 11 is 0. The lowest BCUT2D eigenvalue weighted by Crippen LogP contribution is -2.66. The van der Waals surface area contributed by atoms with Crippen LogP contribution in [0.1, 0.15) is 39.5 Å². The van der Waals surface area contributed by atoms with Gasteiger partial charge >= 0.3 is 0 Å². The van der Waals surface area contributed by atoms with Gasteiger partial charge in [0.05, 0.1) is 12.6 Å². The molecule has 0 aromatic rings. The number of hydrogen-bond acceptors (Lipinski definition) is 5. The molecule has 1 spiro atoms. The summed E-state index contributed by atoms with van der Waals surface area (Å²) in [7, 11) is 0. The summed E-state index contributed by atoms with van der Waals surface area (Å²) in [6.07, 6.45) is 5.29. The van der Waals surface area contributed by atoms with Crippen LogP contribution in [-0.4, -0.2) is 46.2 Å². The molecule has 1 saturated heterocycles. The van der Waals surface area contributed by atoms with E-state index in [2.05, 4.69) is 0 Å². The van der Waals surface area contributed by atoms with Crippen molar-refractivity contribution in [3.63, 3.8) is 0 Å². The quantitative estimate of drug-likeness (QED) is 0.716. The van der Waals surface area contributed by atoms with Gasteiger partial charge in [0.25, 0.3) is 0 Å². The monoisotopic (exact) mass is 375 g/mol. The number of halogens is 1. The fourth-order valence-electron chi connectivity index (χ4n) is 7.28. The molecule has 146 valence electrons. The number of aliphatic hydroxyl groups excluding tert-OH is 1. The molecule has 3 saturated carbocycles. The minimum atomic E-state index is -1.88. The van der Waals surface area contributed by atoms with E-state index in [9.17, 15) is 14.7 Å². The van der Waals surface area contributed by atoms with Crippen molar-refractivity contribution in [2.75, 3.05) is 6.54 Å². The normalized spacial score (nSPS) is 55.1. The molecular weight excluding hydrogens is 349 g/mol. The predicted octanol–water partition coefficient (Wildman–Crippen LogP) is 1.63. The summed E-state index contributed by atoms with van der Waals surface area (Å²) in [5, 5.41) is 11.1. The first-order valence-corrected chi connectivity index (χ1v) is 9.92. The third-order valence-electron chi connectivity index (χ3n) is 8.52. The number of epoxide rings is 1. The zero-order valence-corrected chi connectivity index (χ0v) is 15.7. The summed E-state index contributed by atoms with van der Waals surface area (Å²) in [6.45, 7) is 3.66. The lowest BCUT2D eigenvalue weighted by molar-refractivity contribution is -0.179. The number of allylic oxidation sites excluding steroid dienone is 4. The van der Waals surface area contributed by atoms with Crippen LogP contribution in [-0.2, 0) is 14.3 Å². The van der Waals surface area contributed by atoms with Crippen LogP contribution in [0.5, 0.6) is 0 Å². The third kappa shape index (κ3) is 1.68. The van der Waals surface area contributed by atoms with E-state index in [1.54, 1.807) is 13.0 Å². The molecule has 5 rings (SSSR count). The smallest absolute Gasteiger partial charge is 0.181 e. The highest BCUT2D eigenvalue weighted by atomic mass is 19.1. The predicted molar refractivity (Wildman–Crippen MR) is 95.4 cm³/mol. The molecular formula is C21H26FNO4. The summed E-state index contributed by atoms with van der Waals surface area (Å²) in [4.78, 5) is 24.5. The van der Waals surface area contributed by atoms with Crippen molar-refractivity contribution in [2.24, 2.45) is 28.9 Å². The highest BCUT2D eigenvalue weighted by molar-refractivity contribution is 6.01. The zero-order valence-electron chi connectivity index (χ0n) is 15.7. The number of Topliss-reactive ketones (excluding diaryl/α,β-unsaturated/α-hetero) is 1. The molecule has 1 heterocycles. The van der Waals surface area contributed by atoms with E-state index < -0.39 is 34.3 Å². The molecule has 27 heavy (non-hydrogen) atoms. The Labute approximate surface area is 157 Å². The number of alkyl halides is 1. The number of rotatable bonds is 2. The fourth-order valence-corrected chi connectivity index (χ4v) is 7.28. The van der Waals surface area contributed by atoms with Gasteiger partial charge in [-0.05, 0) is 50.2 Å². The SMILES string of the molecule is C[C@@H]1CC2[C@@H]3CCC4=CC(=O)C=C[C@]4(C)[C@@]3(F)[C@@H](O)C[C@@]23O[C@]13C(=O)CN. The number of ketones is 2. The Balaban J connectivity index is 1.61. The standard InChI is InChI=1S/C21H26FNO4/c1-11-7-15-14-4-3-12-8-13(24)5-6-18(12,2)20(14,22)16(25)9-19(15)21(11,27-19)17(26)10-23/h5-6,8,11,14-16,25H,3-4,7,9-10,23H2,1-2H3/t11-,14+,15?,16+,18+,19-,20+,21+/m1/s1. The van der Waals surface area contributed by atoms with Gasteiger partial charge in [0.15, 0.2) is 22.8 Å². The molecule has 0 aromatic heterocycles. The molecule has 5 aliphatic rings. The van der Waals surface area contributed by atoms with Crippen LogP contribution in [0.25, 0.3) is 0 Å². The second-order valence-corrected chi connectivity index (χ2v) is 9.34. The van der Waals surface area contributed by atoms with E-state index in [0.29, 0.717) is 19.3 Å². The topological polar surface area (TPSA) is 92.9 Å². The van der Waals surface area contributed by atoms with Gasteiger partial charge in [0, 0.05) is 17.8 Å². The van der Waals surface area contributed by atoms with Crippen LogP contribution in [0.3, 0.4) is 0 Å². The first-order chi connectivity index (χ1) is 12.7.